The van der Waals surface area contributed by atoms with E-state index in [9.17, 15) is 5.11 Å². The van der Waals surface area contributed by atoms with Gasteiger partial charge in [0, 0.05) is 168 Å². The first kappa shape index (κ1) is 95.2. The molecule has 0 radical (unpaired) electrons. The quantitative estimate of drug-likeness (QED) is 0.0531. The molecule has 0 aromatic carbocycles. The average Bonchev–Trinajstić information content (AvgIpc) is 1.65. The molecule has 8 fully saturated rings. The molecular weight excluding hydrogens is 1830 g/mol. The number of nitrogens with one attached hydrogen (secondary N) is 2. The van der Waals surface area contributed by atoms with Crippen LogP contribution in [0.25, 0.3) is 0 Å². The van der Waals surface area contributed by atoms with E-state index < -0.39 is 5.54 Å². The van der Waals surface area contributed by atoms with Gasteiger partial charge < -0.3 is 68.9 Å². The lowest BCUT2D eigenvalue weighted by Crippen LogP contribution is -2.53. The second kappa shape index (κ2) is 39.9. The van der Waals surface area contributed by atoms with E-state index in [-0.39, 0.29) is 12.1 Å². The molecule has 10 aromatic heterocycles. The lowest BCUT2D eigenvalue weighted by molar-refractivity contribution is 0.170. The van der Waals surface area contributed by atoms with Gasteiger partial charge in [0.05, 0.1) is 170 Å². The Morgan fingerprint density at radius 1 is 0.336 bits per heavy atom. The van der Waals surface area contributed by atoms with Crippen molar-refractivity contribution in [3.63, 3.8) is 0 Å². The first-order valence-corrected chi connectivity index (χ1v) is 49.9. The van der Waals surface area contributed by atoms with Gasteiger partial charge in [0.2, 0.25) is 0 Å². The molecule has 3 aliphatic carbocycles. The number of fused-ring (bicyclic) bond motifs is 5. The van der Waals surface area contributed by atoms with Gasteiger partial charge in [-0.25, -0.2) is 59.8 Å². The SMILES string of the molecule is CNc1nccc(C2=NCc3nc(N4CCC(C)(N)CC4)cnc32)c1Cl.CNc1nccc(C2=NCc3nc(N4CCC5(CCC[C@H]5N)CC4)cnc32)c1Cl.Cc1nccc(C2=NCc3nc(N4CCC(N)(CO)CC4)cnc32)c1Cl.Cc1nccc(C2=NCc3nc(N4CCC5(CCC[C@H]5N)CC4)cnc32)c1Cl.Cc1nccc(C2=NCc3nc(N4CCC5(CCC[C@H]5N)CC4)cnc32)c1Cl. The molecule has 3 atom stereocenters. The Hall–Kier alpha value is -10.7. The van der Waals surface area contributed by atoms with Crippen molar-refractivity contribution < 1.29 is 5.11 Å². The van der Waals surface area contributed by atoms with E-state index in [1.807, 2.05) is 75.9 Å². The van der Waals surface area contributed by atoms with Crippen LogP contribution in [0.2, 0.25) is 25.1 Å². The fourth-order valence-corrected chi connectivity index (χ4v) is 23.1. The lowest BCUT2D eigenvalue weighted by Gasteiger charge is -2.42. The van der Waals surface area contributed by atoms with Gasteiger partial charge in [-0.1, -0.05) is 77.3 Å². The zero-order chi connectivity index (χ0) is 95.2. The third-order valence-corrected chi connectivity index (χ3v) is 32.9. The average molecular weight is 1950 g/mol. The first-order valence-electron chi connectivity index (χ1n) is 48.0. The summed E-state index contributed by atoms with van der Waals surface area (Å²) in [7, 11) is 3.59. The molecule has 3 spiro atoms. The van der Waals surface area contributed by atoms with E-state index in [2.05, 4.69) is 102 Å². The molecule has 0 unspecified atom stereocenters. The van der Waals surface area contributed by atoms with Crippen molar-refractivity contribution in [3.05, 3.63) is 219 Å². The summed E-state index contributed by atoms with van der Waals surface area (Å²) in [6.45, 7) is 19.7. The number of anilines is 7. The monoisotopic (exact) mass is 1950 g/mol. The number of halogens is 5. The Labute approximate surface area is 823 Å². The van der Waals surface area contributed by atoms with Crippen LogP contribution in [0, 0.1) is 37.0 Å². The molecule has 23 rings (SSSR count). The second-order valence-electron chi connectivity index (χ2n) is 39.0. The topological polar surface area (TPSA) is 446 Å². The number of aryl methyl sites for hydroxylation is 3. The van der Waals surface area contributed by atoms with Crippen LogP contribution in [-0.2, 0) is 32.7 Å². The molecule has 0 bridgehead atoms. The van der Waals surface area contributed by atoms with Gasteiger partial charge >= 0.3 is 0 Å². The maximum Gasteiger partial charge on any atom is 0.147 e. The van der Waals surface area contributed by atoms with E-state index >= 15 is 0 Å². The van der Waals surface area contributed by atoms with Crippen molar-refractivity contribution >= 4 is 127 Å². The minimum Gasteiger partial charge on any atom is -0.394 e. The highest BCUT2D eigenvalue weighted by Crippen LogP contribution is 2.50. The number of piperidine rings is 5. The predicted octanol–water partition coefficient (Wildman–Crippen LogP) is 13.3. The van der Waals surface area contributed by atoms with Crippen molar-refractivity contribution in [1.29, 1.82) is 0 Å². The molecule has 10 aromatic rings. The predicted molar refractivity (Wildman–Crippen MR) is 543 cm³/mol. The maximum absolute atomic E-state index is 9.41. The van der Waals surface area contributed by atoms with E-state index in [0.29, 0.717) is 104 Å². The highest BCUT2D eigenvalue weighted by Gasteiger charge is 2.47. The summed E-state index contributed by atoms with van der Waals surface area (Å²) in [5, 5.41) is 18.4. The van der Waals surface area contributed by atoms with Gasteiger partial charge in [-0.15, -0.1) is 0 Å². The highest BCUT2D eigenvalue weighted by molar-refractivity contribution is 6.39. The zero-order valence-electron chi connectivity index (χ0n) is 78.5. The second-order valence-corrected chi connectivity index (χ2v) is 40.8. The Kier molecular flexibility index (Phi) is 27.7. The lowest BCUT2D eigenvalue weighted by atomic mass is 9.74. The van der Waals surface area contributed by atoms with Gasteiger partial charge in [-0.2, -0.15) is 0 Å². The minimum atomic E-state index is -0.479. The van der Waals surface area contributed by atoms with E-state index in [1.165, 1.54) is 57.8 Å². The van der Waals surface area contributed by atoms with Crippen LogP contribution in [0.5, 0.6) is 0 Å². The van der Waals surface area contributed by atoms with Crippen molar-refractivity contribution in [2.24, 2.45) is 69.9 Å². The van der Waals surface area contributed by atoms with Crippen molar-refractivity contribution in [2.75, 3.05) is 121 Å². The summed E-state index contributed by atoms with van der Waals surface area (Å²) in [5.41, 5.74) is 51.3. The Bertz CT molecular complexity index is 6210. The third kappa shape index (κ3) is 19.2. The molecule has 33 nitrogen and oxygen atoms in total. The Morgan fingerprint density at radius 2 is 0.569 bits per heavy atom. The fraction of sp³-hybridized carbons (Fsp3) is 0.495. The number of rotatable bonds is 13. The number of hydrogen-bond acceptors (Lipinski definition) is 33. The number of nitrogens with two attached hydrogens (primary N) is 5. The standard InChI is InChI=1S/C21H26ClN7.2C21H25ClN6.C18H22ClN7.C18H21ClN6O/c1-24-20-17(22)13(4-8-25-20)18-19-14(11-26-18)28-16(12-27-19)29-9-6-21(7-10-29)5-2-3-15(21)23;2*1-13-18(22)14(4-8-24-13)19-20-15(11-25-19)27-17(12-26-20)28-9-6-21(7-10-28)5-2-3-16(21)23;1-18(20)4-7-26(8-5-18)13-10-24-16-12(25-13)9-23-15(16)11-3-6-22-17(21-2)14(11)19;1-11-15(19)12(2-5-21-11)16-17-13(8-22-16)24-14(9-23-17)25-6-3-18(20,10-26)4-7-25/h4,8,12,15H,2-3,5-7,9-11,23H2,1H3,(H,24,25);2*4,8,12,16H,2-3,5-7,9-11,23H2,1H3;3,6,10H,4-5,7-9,20H2,1-2H3,(H,21,22);2,5,9,26H,3-4,6-8,10,20H2,1H3/t15-;2*16-;;/m111../s1. The number of aromatic nitrogens is 15. The van der Waals surface area contributed by atoms with Crippen LogP contribution < -0.4 is 63.8 Å². The summed E-state index contributed by atoms with van der Waals surface area (Å²) in [6, 6.07) is 10.5. The minimum absolute atomic E-state index is 0.0139. The molecule has 5 saturated heterocycles. The number of nitrogens with zero attached hydrogens (tertiary/aromatic N) is 25. The van der Waals surface area contributed by atoms with Crippen LogP contribution >= 0.6 is 58.0 Å². The van der Waals surface area contributed by atoms with Gasteiger partial charge in [0.15, 0.2) is 0 Å². The zero-order valence-corrected chi connectivity index (χ0v) is 82.3. The van der Waals surface area contributed by atoms with Crippen LogP contribution in [0.4, 0.5) is 40.7 Å². The van der Waals surface area contributed by atoms with Crippen molar-refractivity contribution in [1.82, 2.24) is 74.8 Å². The van der Waals surface area contributed by atoms with E-state index in [1.54, 1.807) is 51.3 Å². The fourth-order valence-electron chi connectivity index (χ4n) is 21.9. The van der Waals surface area contributed by atoms with Crippen molar-refractivity contribution in [3.8, 4) is 0 Å². The highest BCUT2D eigenvalue weighted by atomic mass is 35.5. The van der Waals surface area contributed by atoms with Crippen LogP contribution in [0.15, 0.2) is 117 Å². The molecule has 10 aliphatic heterocycles. The molecule has 13 N–H and O–H groups in total. The summed E-state index contributed by atoms with van der Waals surface area (Å²) in [5.74, 6) is 5.84. The molecule has 38 heteroatoms. The summed E-state index contributed by atoms with van der Waals surface area (Å²) >= 11 is 32.3. The van der Waals surface area contributed by atoms with Crippen LogP contribution in [-0.4, -0.2) is 224 Å². The summed E-state index contributed by atoms with van der Waals surface area (Å²) in [6.07, 6.45) is 39.4. The smallest absolute Gasteiger partial charge is 0.147 e. The Morgan fingerprint density at radius 3 is 0.803 bits per heavy atom. The third-order valence-electron chi connectivity index (χ3n) is 30.7. The summed E-state index contributed by atoms with van der Waals surface area (Å²) in [4.78, 5) is 104. The molecule has 0 amide bonds. The molecule has 716 valence electrons. The number of hydrogen-bond donors (Lipinski definition) is 8. The van der Waals surface area contributed by atoms with Gasteiger partial charge in [-0.3, -0.25) is 39.9 Å². The maximum atomic E-state index is 9.41. The number of pyridine rings is 5. The molecule has 13 aliphatic rings. The van der Waals surface area contributed by atoms with Crippen LogP contribution in [0.1, 0.15) is 231 Å². The van der Waals surface area contributed by atoms with Gasteiger partial charge in [-0.05, 0) is 177 Å². The molecule has 137 heavy (non-hydrogen) atoms. The summed E-state index contributed by atoms with van der Waals surface area (Å²) < 4.78 is 0. The first-order chi connectivity index (χ1) is 66.2. The number of aliphatic imine (C=N–C) groups is 5. The van der Waals surface area contributed by atoms with Gasteiger partial charge in [0.25, 0.3) is 0 Å². The van der Waals surface area contributed by atoms with Crippen LogP contribution in [0.3, 0.4) is 0 Å². The van der Waals surface area contributed by atoms with E-state index in [4.69, 9.17) is 127 Å². The molecule has 20 heterocycles. The van der Waals surface area contributed by atoms with Crippen molar-refractivity contribution in [2.45, 2.75) is 212 Å². The number of aliphatic hydroxyl groups is 1. The largest absolute Gasteiger partial charge is 0.394 e. The molecule has 3 saturated carbocycles. The molecular formula is C99H119Cl5N32O. The van der Waals surface area contributed by atoms with E-state index in [0.717, 1.165) is 289 Å². The normalized spacial score (nSPS) is 21.3. The Balaban J connectivity index is 0.000000110. The van der Waals surface area contributed by atoms with Gasteiger partial charge in [0.1, 0.15) is 69.2 Å². The number of aliphatic hydroxyl groups excluding tert-OH is 1.